The standard InChI is InChI=1S/C13H7BrCl2F2/c14-13(7-3-1-2-4-9(7)15)8-5-11(17)12(18)6-10(8)16/h1-6,13H. The fourth-order valence-corrected chi connectivity index (χ4v) is 3.13. The van der Waals surface area contributed by atoms with Gasteiger partial charge in [0.15, 0.2) is 11.6 Å². The number of benzene rings is 2. The highest BCUT2D eigenvalue weighted by molar-refractivity contribution is 9.09. The Labute approximate surface area is 122 Å². The van der Waals surface area contributed by atoms with E-state index in [0.717, 1.165) is 17.7 Å². The zero-order valence-corrected chi connectivity index (χ0v) is 12.0. The van der Waals surface area contributed by atoms with E-state index < -0.39 is 16.5 Å². The van der Waals surface area contributed by atoms with Gasteiger partial charge in [-0.3, -0.25) is 0 Å². The Morgan fingerprint density at radius 1 is 0.889 bits per heavy atom. The average molecular weight is 352 g/mol. The summed E-state index contributed by atoms with van der Waals surface area (Å²) >= 11 is 15.4. The Bertz CT molecular complexity index is 587. The molecule has 0 aliphatic rings. The first kappa shape index (κ1) is 13.8. The van der Waals surface area contributed by atoms with Crippen LogP contribution in [0, 0.1) is 11.6 Å². The molecule has 0 aromatic heterocycles. The van der Waals surface area contributed by atoms with Gasteiger partial charge in [0, 0.05) is 10.0 Å². The van der Waals surface area contributed by atoms with E-state index in [1.54, 1.807) is 18.2 Å². The van der Waals surface area contributed by atoms with Gasteiger partial charge in [-0.05, 0) is 29.3 Å². The molecule has 2 rings (SSSR count). The highest BCUT2D eigenvalue weighted by Crippen LogP contribution is 2.38. The maximum Gasteiger partial charge on any atom is 0.160 e. The van der Waals surface area contributed by atoms with Gasteiger partial charge >= 0.3 is 0 Å². The first-order valence-electron chi connectivity index (χ1n) is 5.03. The second-order valence-electron chi connectivity index (χ2n) is 3.67. The van der Waals surface area contributed by atoms with Crippen molar-refractivity contribution in [2.24, 2.45) is 0 Å². The van der Waals surface area contributed by atoms with Crippen LogP contribution in [0.3, 0.4) is 0 Å². The van der Waals surface area contributed by atoms with Crippen molar-refractivity contribution >= 4 is 39.1 Å². The maximum absolute atomic E-state index is 13.2. The Morgan fingerprint density at radius 3 is 2.17 bits per heavy atom. The summed E-state index contributed by atoms with van der Waals surface area (Å²) < 4.78 is 26.3. The second-order valence-corrected chi connectivity index (χ2v) is 5.40. The molecule has 0 nitrogen and oxygen atoms in total. The molecule has 0 amide bonds. The smallest absolute Gasteiger partial charge is 0.160 e. The van der Waals surface area contributed by atoms with Gasteiger partial charge in [-0.25, -0.2) is 8.78 Å². The van der Waals surface area contributed by atoms with Gasteiger partial charge in [0.2, 0.25) is 0 Å². The maximum atomic E-state index is 13.2. The molecule has 18 heavy (non-hydrogen) atoms. The lowest BCUT2D eigenvalue weighted by Crippen LogP contribution is -1.97. The third-order valence-electron chi connectivity index (χ3n) is 2.49. The Morgan fingerprint density at radius 2 is 1.50 bits per heavy atom. The van der Waals surface area contributed by atoms with E-state index >= 15 is 0 Å². The highest BCUT2D eigenvalue weighted by Gasteiger charge is 2.18. The number of hydrogen-bond acceptors (Lipinski definition) is 0. The van der Waals surface area contributed by atoms with Crippen LogP contribution in [-0.4, -0.2) is 0 Å². The fraction of sp³-hybridized carbons (Fsp3) is 0.0769. The average Bonchev–Trinajstić information content (AvgIpc) is 2.33. The van der Waals surface area contributed by atoms with Crippen LogP contribution in [0.25, 0.3) is 0 Å². The molecule has 2 aromatic carbocycles. The molecule has 0 aliphatic heterocycles. The van der Waals surface area contributed by atoms with Crippen LogP contribution in [0.2, 0.25) is 10.0 Å². The number of halogens is 5. The molecular weight excluding hydrogens is 345 g/mol. The minimum atomic E-state index is -0.970. The predicted octanol–water partition coefficient (Wildman–Crippen LogP) is 5.76. The lowest BCUT2D eigenvalue weighted by Gasteiger charge is -2.14. The van der Waals surface area contributed by atoms with E-state index in [-0.39, 0.29) is 5.02 Å². The Balaban J connectivity index is 2.50. The van der Waals surface area contributed by atoms with Crippen molar-refractivity contribution in [3.63, 3.8) is 0 Å². The monoisotopic (exact) mass is 350 g/mol. The molecule has 1 atom stereocenters. The van der Waals surface area contributed by atoms with Gasteiger partial charge in [-0.2, -0.15) is 0 Å². The minimum Gasteiger partial charge on any atom is -0.204 e. The molecule has 0 spiro atoms. The summed E-state index contributed by atoms with van der Waals surface area (Å²) in [5, 5.41) is 0.677. The number of rotatable bonds is 2. The normalized spacial score (nSPS) is 12.5. The summed E-state index contributed by atoms with van der Waals surface area (Å²) in [7, 11) is 0. The van der Waals surface area contributed by atoms with Crippen molar-refractivity contribution in [3.05, 3.63) is 69.2 Å². The molecule has 2 aromatic rings. The van der Waals surface area contributed by atoms with Crippen LogP contribution in [-0.2, 0) is 0 Å². The van der Waals surface area contributed by atoms with Crippen molar-refractivity contribution in [1.82, 2.24) is 0 Å². The van der Waals surface area contributed by atoms with Crippen LogP contribution < -0.4 is 0 Å². The van der Waals surface area contributed by atoms with Crippen LogP contribution in [0.1, 0.15) is 16.0 Å². The molecule has 0 heterocycles. The van der Waals surface area contributed by atoms with E-state index in [2.05, 4.69) is 15.9 Å². The molecule has 0 radical (unpaired) electrons. The summed E-state index contributed by atoms with van der Waals surface area (Å²) in [5.41, 5.74) is 1.18. The molecule has 0 saturated heterocycles. The van der Waals surface area contributed by atoms with Crippen molar-refractivity contribution in [2.75, 3.05) is 0 Å². The molecule has 94 valence electrons. The van der Waals surface area contributed by atoms with Gasteiger partial charge in [-0.15, -0.1) is 0 Å². The van der Waals surface area contributed by atoms with Gasteiger partial charge in [0.05, 0.1) is 4.83 Å². The zero-order chi connectivity index (χ0) is 13.3. The van der Waals surface area contributed by atoms with Crippen molar-refractivity contribution < 1.29 is 8.78 Å². The first-order valence-corrected chi connectivity index (χ1v) is 6.71. The van der Waals surface area contributed by atoms with E-state index in [4.69, 9.17) is 23.2 Å². The van der Waals surface area contributed by atoms with E-state index in [1.165, 1.54) is 0 Å². The topological polar surface area (TPSA) is 0 Å². The van der Waals surface area contributed by atoms with Gasteiger partial charge in [-0.1, -0.05) is 57.3 Å². The predicted molar refractivity (Wildman–Crippen MR) is 73.6 cm³/mol. The molecule has 0 N–H and O–H groups in total. The minimum absolute atomic E-state index is 0.149. The largest absolute Gasteiger partial charge is 0.204 e. The number of alkyl halides is 1. The summed E-state index contributed by atoms with van der Waals surface area (Å²) in [6.07, 6.45) is 0. The third kappa shape index (κ3) is 2.68. The molecule has 1 unspecified atom stereocenters. The van der Waals surface area contributed by atoms with E-state index in [0.29, 0.717) is 10.6 Å². The van der Waals surface area contributed by atoms with Crippen LogP contribution in [0.15, 0.2) is 36.4 Å². The summed E-state index contributed by atoms with van der Waals surface area (Å²) in [5.74, 6) is -1.91. The fourth-order valence-electron chi connectivity index (χ4n) is 1.58. The summed E-state index contributed by atoms with van der Waals surface area (Å²) in [6, 6.07) is 9.14. The van der Waals surface area contributed by atoms with Crippen molar-refractivity contribution in [3.8, 4) is 0 Å². The quantitative estimate of drug-likeness (QED) is 0.477. The molecule has 0 fully saturated rings. The Hall–Kier alpha value is -0.640. The molecule has 0 saturated carbocycles. The molecule has 0 aliphatic carbocycles. The zero-order valence-electron chi connectivity index (χ0n) is 8.93. The van der Waals surface area contributed by atoms with Crippen molar-refractivity contribution in [1.29, 1.82) is 0 Å². The van der Waals surface area contributed by atoms with Crippen molar-refractivity contribution in [2.45, 2.75) is 4.83 Å². The molecule has 0 bridgehead atoms. The van der Waals surface area contributed by atoms with E-state index in [1.807, 2.05) is 6.07 Å². The second kappa shape index (κ2) is 5.55. The first-order chi connectivity index (χ1) is 8.50. The van der Waals surface area contributed by atoms with E-state index in [9.17, 15) is 8.78 Å². The van der Waals surface area contributed by atoms with Crippen LogP contribution >= 0.6 is 39.1 Å². The van der Waals surface area contributed by atoms with Gasteiger partial charge in [0.25, 0.3) is 0 Å². The van der Waals surface area contributed by atoms with Gasteiger partial charge in [0.1, 0.15) is 0 Å². The lowest BCUT2D eigenvalue weighted by molar-refractivity contribution is 0.507. The number of hydrogen-bond donors (Lipinski definition) is 0. The SMILES string of the molecule is Fc1cc(Cl)c(C(Br)c2ccccc2Cl)cc1F. The summed E-state index contributed by atoms with van der Waals surface area (Å²) in [4.78, 5) is -0.395. The molecular formula is C13H7BrCl2F2. The Kier molecular flexibility index (Phi) is 4.25. The summed E-state index contributed by atoms with van der Waals surface area (Å²) in [6.45, 7) is 0. The van der Waals surface area contributed by atoms with Crippen LogP contribution in [0.4, 0.5) is 8.78 Å². The highest BCUT2D eigenvalue weighted by atomic mass is 79.9. The van der Waals surface area contributed by atoms with Crippen LogP contribution in [0.5, 0.6) is 0 Å². The third-order valence-corrected chi connectivity index (χ3v) is 4.15. The molecule has 5 heteroatoms. The lowest BCUT2D eigenvalue weighted by atomic mass is 10.0. The van der Waals surface area contributed by atoms with Gasteiger partial charge < -0.3 is 0 Å².